The fourth-order valence-corrected chi connectivity index (χ4v) is 2.29. The number of aromatic nitrogens is 1. The number of thioether (sulfide) groups is 1. The molecule has 0 saturated heterocycles. The summed E-state index contributed by atoms with van der Waals surface area (Å²) in [7, 11) is 0. The Balaban J connectivity index is 1.65. The maximum atomic E-state index is 11.5. The number of carbonyl (C=O) groups excluding carboxylic acids is 1. The van der Waals surface area contributed by atoms with Gasteiger partial charge in [0.05, 0.1) is 5.75 Å². The standard InChI is InChI=1S/C14H15NO3S/c1-11-7-13(15-18-11)8-17-14(16)10-19-9-12-5-3-2-4-6-12/h2-7H,8-10H2,1H3. The first-order valence-electron chi connectivity index (χ1n) is 5.93. The fraction of sp³-hybridized carbons (Fsp3) is 0.286. The second-order valence-electron chi connectivity index (χ2n) is 4.07. The predicted molar refractivity (Wildman–Crippen MR) is 73.6 cm³/mol. The molecule has 0 bridgehead atoms. The van der Waals surface area contributed by atoms with E-state index in [0.29, 0.717) is 17.2 Å². The largest absolute Gasteiger partial charge is 0.458 e. The summed E-state index contributed by atoms with van der Waals surface area (Å²) in [5.74, 6) is 1.62. The summed E-state index contributed by atoms with van der Waals surface area (Å²) in [6, 6.07) is 11.8. The summed E-state index contributed by atoms with van der Waals surface area (Å²) in [5, 5.41) is 3.76. The van der Waals surface area contributed by atoms with Crippen LogP contribution in [0.15, 0.2) is 40.9 Å². The van der Waals surface area contributed by atoms with E-state index in [4.69, 9.17) is 9.26 Å². The lowest BCUT2D eigenvalue weighted by molar-refractivity contribution is -0.141. The van der Waals surface area contributed by atoms with Gasteiger partial charge in [-0.1, -0.05) is 35.5 Å². The lowest BCUT2D eigenvalue weighted by Gasteiger charge is -2.03. The van der Waals surface area contributed by atoms with E-state index < -0.39 is 0 Å². The van der Waals surface area contributed by atoms with Gasteiger partial charge in [-0.05, 0) is 12.5 Å². The Hall–Kier alpha value is -1.75. The van der Waals surface area contributed by atoms with Crippen LogP contribution in [0.1, 0.15) is 17.0 Å². The molecule has 0 amide bonds. The van der Waals surface area contributed by atoms with Crippen molar-refractivity contribution >= 4 is 17.7 Å². The number of hydrogen-bond acceptors (Lipinski definition) is 5. The number of benzene rings is 1. The van der Waals surface area contributed by atoms with Gasteiger partial charge in [-0.2, -0.15) is 0 Å². The first-order valence-corrected chi connectivity index (χ1v) is 7.09. The lowest BCUT2D eigenvalue weighted by Crippen LogP contribution is -2.07. The Morgan fingerprint density at radius 3 is 2.84 bits per heavy atom. The topological polar surface area (TPSA) is 52.3 Å². The van der Waals surface area contributed by atoms with E-state index in [0.717, 1.165) is 5.75 Å². The average Bonchev–Trinajstić information content (AvgIpc) is 2.83. The molecule has 19 heavy (non-hydrogen) atoms. The van der Waals surface area contributed by atoms with Crippen molar-refractivity contribution < 1.29 is 14.1 Å². The average molecular weight is 277 g/mol. The molecule has 1 aromatic heterocycles. The lowest BCUT2D eigenvalue weighted by atomic mass is 10.2. The second-order valence-corrected chi connectivity index (χ2v) is 5.05. The van der Waals surface area contributed by atoms with Gasteiger partial charge in [0.25, 0.3) is 0 Å². The highest BCUT2D eigenvalue weighted by molar-refractivity contribution is 7.99. The molecule has 5 heteroatoms. The minimum Gasteiger partial charge on any atom is -0.458 e. The Morgan fingerprint density at radius 1 is 1.37 bits per heavy atom. The van der Waals surface area contributed by atoms with Crippen molar-refractivity contribution in [2.75, 3.05) is 5.75 Å². The molecule has 0 unspecified atom stereocenters. The summed E-state index contributed by atoms with van der Waals surface area (Å²) in [6.45, 7) is 1.97. The van der Waals surface area contributed by atoms with Crippen molar-refractivity contribution in [1.82, 2.24) is 5.16 Å². The van der Waals surface area contributed by atoms with Crippen LogP contribution in [-0.2, 0) is 21.9 Å². The number of nitrogens with zero attached hydrogens (tertiary/aromatic N) is 1. The Bertz CT molecular complexity index is 524. The summed E-state index contributed by atoms with van der Waals surface area (Å²) >= 11 is 1.54. The quantitative estimate of drug-likeness (QED) is 0.760. The predicted octanol–water partition coefficient (Wildman–Crippen LogP) is 2.96. The van der Waals surface area contributed by atoms with Crippen LogP contribution in [0.2, 0.25) is 0 Å². The van der Waals surface area contributed by atoms with Crippen LogP contribution in [0.25, 0.3) is 0 Å². The Morgan fingerprint density at radius 2 is 2.16 bits per heavy atom. The SMILES string of the molecule is Cc1cc(COC(=O)CSCc2ccccc2)no1. The number of aryl methyl sites for hydroxylation is 1. The van der Waals surface area contributed by atoms with Gasteiger partial charge in [-0.15, -0.1) is 11.8 Å². The van der Waals surface area contributed by atoms with E-state index in [2.05, 4.69) is 5.16 Å². The van der Waals surface area contributed by atoms with Crippen LogP contribution < -0.4 is 0 Å². The minimum absolute atomic E-state index is 0.169. The molecule has 1 heterocycles. The third-order valence-electron chi connectivity index (χ3n) is 2.39. The molecule has 0 fully saturated rings. The van der Waals surface area contributed by atoms with Crippen molar-refractivity contribution in [1.29, 1.82) is 0 Å². The van der Waals surface area contributed by atoms with Gasteiger partial charge in [-0.25, -0.2) is 0 Å². The highest BCUT2D eigenvalue weighted by Gasteiger charge is 2.06. The zero-order chi connectivity index (χ0) is 13.5. The number of hydrogen-bond donors (Lipinski definition) is 0. The number of ether oxygens (including phenoxy) is 1. The third kappa shape index (κ3) is 4.79. The molecule has 0 N–H and O–H groups in total. The molecule has 0 atom stereocenters. The summed E-state index contributed by atoms with van der Waals surface area (Å²) in [5.41, 5.74) is 1.84. The molecule has 0 saturated carbocycles. The van der Waals surface area contributed by atoms with Crippen LogP contribution in [0.5, 0.6) is 0 Å². The van der Waals surface area contributed by atoms with Gasteiger partial charge < -0.3 is 9.26 Å². The monoisotopic (exact) mass is 277 g/mol. The van der Waals surface area contributed by atoms with E-state index in [1.54, 1.807) is 13.0 Å². The fourth-order valence-electron chi connectivity index (χ4n) is 1.51. The second kappa shape index (κ2) is 6.99. The number of rotatable bonds is 6. The van der Waals surface area contributed by atoms with E-state index in [1.165, 1.54) is 17.3 Å². The molecule has 100 valence electrons. The van der Waals surface area contributed by atoms with Gasteiger partial charge >= 0.3 is 5.97 Å². The van der Waals surface area contributed by atoms with Crippen molar-refractivity contribution in [2.24, 2.45) is 0 Å². The number of carbonyl (C=O) groups is 1. The van der Waals surface area contributed by atoms with Crippen molar-refractivity contribution in [3.05, 3.63) is 53.4 Å². The first-order chi connectivity index (χ1) is 9.24. The highest BCUT2D eigenvalue weighted by atomic mass is 32.2. The molecule has 0 radical (unpaired) electrons. The maximum Gasteiger partial charge on any atom is 0.316 e. The zero-order valence-corrected chi connectivity index (χ0v) is 11.5. The van der Waals surface area contributed by atoms with E-state index in [-0.39, 0.29) is 12.6 Å². The van der Waals surface area contributed by atoms with Crippen LogP contribution in [0, 0.1) is 6.92 Å². The maximum absolute atomic E-state index is 11.5. The van der Waals surface area contributed by atoms with E-state index >= 15 is 0 Å². The minimum atomic E-state index is -0.235. The molecule has 0 spiro atoms. The molecule has 2 aromatic rings. The first kappa shape index (κ1) is 13.7. The highest BCUT2D eigenvalue weighted by Crippen LogP contribution is 2.12. The van der Waals surface area contributed by atoms with Crippen molar-refractivity contribution in [2.45, 2.75) is 19.3 Å². The number of esters is 1. The van der Waals surface area contributed by atoms with Gasteiger partial charge in [0.1, 0.15) is 18.1 Å². The van der Waals surface area contributed by atoms with Crippen LogP contribution in [0.4, 0.5) is 0 Å². The smallest absolute Gasteiger partial charge is 0.316 e. The van der Waals surface area contributed by atoms with Crippen molar-refractivity contribution in [3.63, 3.8) is 0 Å². The molecule has 0 aliphatic rings. The van der Waals surface area contributed by atoms with E-state index in [1.807, 2.05) is 30.3 Å². The van der Waals surface area contributed by atoms with E-state index in [9.17, 15) is 4.79 Å². The Kier molecular flexibility index (Phi) is 5.03. The third-order valence-corrected chi connectivity index (χ3v) is 3.37. The Labute approximate surface area is 116 Å². The zero-order valence-electron chi connectivity index (χ0n) is 10.7. The van der Waals surface area contributed by atoms with Gasteiger partial charge in [0, 0.05) is 11.8 Å². The molecule has 1 aromatic carbocycles. The molecular weight excluding hydrogens is 262 g/mol. The molecule has 2 rings (SSSR count). The molecular formula is C14H15NO3S. The van der Waals surface area contributed by atoms with Crippen molar-refractivity contribution in [3.8, 4) is 0 Å². The van der Waals surface area contributed by atoms with Gasteiger partial charge in [-0.3, -0.25) is 4.79 Å². The van der Waals surface area contributed by atoms with Crippen LogP contribution >= 0.6 is 11.8 Å². The van der Waals surface area contributed by atoms with Gasteiger partial charge in [0.15, 0.2) is 0 Å². The molecule has 0 aliphatic carbocycles. The molecule has 0 aliphatic heterocycles. The summed E-state index contributed by atoms with van der Waals surface area (Å²) in [4.78, 5) is 11.5. The van der Waals surface area contributed by atoms with Crippen LogP contribution in [-0.4, -0.2) is 16.9 Å². The summed E-state index contributed by atoms with van der Waals surface area (Å²) in [6.07, 6.45) is 0. The van der Waals surface area contributed by atoms with Gasteiger partial charge in [0.2, 0.25) is 0 Å². The summed E-state index contributed by atoms with van der Waals surface area (Å²) < 4.78 is 9.99. The normalized spacial score (nSPS) is 10.4. The van der Waals surface area contributed by atoms with Crippen LogP contribution in [0.3, 0.4) is 0 Å². The molecule has 4 nitrogen and oxygen atoms in total.